The molecule has 0 atom stereocenters. The second-order valence-electron chi connectivity index (χ2n) is 22.1. The standard InChI is InChI=1S/C63H49B2N3O/c1-62(2,3)39-27-30-51-57(36-39)69-56-23-13-15-43-45-17-12-18-46-48-33-38(26-31-53(48)68(61(45)46)65(51)59(43)56)32-37-24-28-41(29-25-37)66-54-22-10-8-20-50(54)64-58-49(34-40(35-55(58)66)63(4,5)6)47-19-11-16-44-42-14-7-9-21-52(42)67(64)60(44)47/h7-31,33-36H,32H2,1-6H3. The quantitative estimate of drug-likeness (QED) is 0.165. The van der Waals surface area contributed by atoms with Crippen LogP contribution in [0.2, 0.25) is 0 Å². The van der Waals surface area contributed by atoms with Gasteiger partial charge in [0.05, 0.1) is 0 Å². The summed E-state index contributed by atoms with van der Waals surface area (Å²) >= 11 is 0. The van der Waals surface area contributed by atoms with E-state index < -0.39 is 0 Å². The number of hydrogen-bond donors (Lipinski definition) is 0. The summed E-state index contributed by atoms with van der Waals surface area (Å²) in [6.45, 7) is 13.9. The van der Waals surface area contributed by atoms with E-state index in [1.54, 1.807) is 0 Å². The lowest BCUT2D eigenvalue weighted by Crippen LogP contribution is -2.56. The van der Waals surface area contributed by atoms with Gasteiger partial charge in [-0.3, -0.25) is 0 Å². The van der Waals surface area contributed by atoms with E-state index in [0.29, 0.717) is 0 Å². The van der Waals surface area contributed by atoms with Crippen molar-refractivity contribution in [1.29, 1.82) is 0 Å². The number of aromatic nitrogens is 2. The molecule has 15 rings (SSSR count). The first kappa shape index (κ1) is 39.3. The molecule has 0 N–H and O–H groups in total. The van der Waals surface area contributed by atoms with Crippen LogP contribution >= 0.6 is 0 Å². The molecule has 0 saturated carbocycles. The van der Waals surface area contributed by atoms with E-state index >= 15 is 0 Å². The summed E-state index contributed by atoms with van der Waals surface area (Å²) in [6.07, 6.45) is 0.837. The Morgan fingerprint density at radius 2 is 1.06 bits per heavy atom. The molecule has 0 unspecified atom stereocenters. The molecular weight excluding hydrogens is 836 g/mol. The predicted molar refractivity (Wildman–Crippen MR) is 292 cm³/mol. The fourth-order valence-corrected chi connectivity index (χ4v) is 12.8. The van der Waals surface area contributed by atoms with Crippen molar-refractivity contribution in [2.45, 2.75) is 58.8 Å². The van der Waals surface area contributed by atoms with Crippen LogP contribution in [0, 0.1) is 0 Å². The Labute approximate surface area is 403 Å². The lowest BCUT2D eigenvalue weighted by molar-refractivity contribution is 0.483. The topological polar surface area (TPSA) is 22.3 Å². The van der Waals surface area contributed by atoms with Crippen molar-refractivity contribution in [2.75, 3.05) is 4.90 Å². The van der Waals surface area contributed by atoms with E-state index in [0.717, 1.165) is 17.9 Å². The zero-order valence-electron chi connectivity index (χ0n) is 39.9. The number of benzene rings is 9. The molecule has 4 nitrogen and oxygen atoms in total. The number of ether oxygens (including phenoxy) is 1. The molecule has 11 aromatic rings. The number of anilines is 3. The zero-order chi connectivity index (χ0) is 46.2. The normalized spacial score (nSPS) is 14.0. The number of nitrogens with zero attached hydrogens (tertiary/aromatic N) is 3. The van der Waals surface area contributed by atoms with Crippen molar-refractivity contribution >= 4 is 96.2 Å². The average Bonchev–Trinajstić information content (AvgIpc) is 3.87. The molecule has 4 aliphatic rings. The third-order valence-electron chi connectivity index (χ3n) is 16.1. The van der Waals surface area contributed by atoms with Gasteiger partial charge in [-0.15, -0.1) is 0 Å². The minimum Gasteiger partial charge on any atom is -0.458 e. The van der Waals surface area contributed by atoms with Gasteiger partial charge in [0, 0.05) is 77.3 Å². The lowest BCUT2D eigenvalue weighted by atomic mass is 9.45. The zero-order valence-corrected chi connectivity index (χ0v) is 39.9. The summed E-state index contributed by atoms with van der Waals surface area (Å²) in [5, 5.41) is 5.23. The number of fused-ring (bicyclic) bond motifs is 14. The minimum atomic E-state index is -0.0450. The molecule has 0 fully saturated rings. The van der Waals surface area contributed by atoms with Gasteiger partial charge in [0.25, 0.3) is 0 Å². The maximum atomic E-state index is 6.78. The lowest BCUT2D eigenvalue weighted by Gasteiger charge is -2.41. The Balaban J connectivity index is 0.844. The number of rotatable bonds is 3. The van der Waals surface area contributed by atoms with Gasteiger partial charge in [-0.25, -0.2) is 0 Å². The molecule has 0 saturated heterocycles. The maximum absolute atomic E-state index is 6.78. The van der Waals surface area contributed by atoms with Crippen molar-refractivity contribution in [3.8, 4) is 33.8 Å². The molecule has 0 bridgehead atoms. The van der Waals surface area contributed by atoms with Gasteiger partial charge in [0.1, 0.15) is 11.5 Å². The smallest absolute Gasteiger partial charge is 0.336 e. The molecule has 328 valence electrons. The van der Waals surface area contributed by atoms with E-state index in [1.807, 2.05) is 0 Å². The van der Waals surface area contributed by atoms with Gasteiger partial charge in [0.2, 0.25) is 0 Å². The molecule has 0 amide bonds. The molecule has 6 heteroatoms. The SMILES string of the molecule is CC(C)(C)c1ccc2c(c1)Oc1cccc3c1B2n1c2ccc(Cc4ccc(N5c6ccccc6B6c7c(cc(C(C)(C)C)cc75)-c5cccc7c8ccccc8n6c57)cc4)cc2c2cccc-3c21. The fraction of sp³-hybridized carbons (Fsp3) is 0.143. The van der Waals surface area contributed by atoms with Crippen LogP contribution in [0.3, 0.4) is 0 Å². The fourth-order valence-electron chi connectivity index (χ4n) is 12.8. The summed E-state index contributed by atoms with van der Waals surface area (Å²) in [5.41, 5.74) is 24.4. The second kappa shape index (κ2) is 13.5. The van der Waals surface area contributed by atoms with Crippen LogP contribution in [0.25, 0.3) is 65.9 Å². The summed E-state index contributed by atoms with van der Waals surface area (Å²) in [5.74, 6) is 1.92. The van der Waals surface area contributed by atoms with E-state index in [4.69, 9.17) is 4.74 Å². The van der Waals surface area contributed by atoms with Crippen molar-refractivity contribution < 1.29 is 4.74 Å². The van der Waals surface area contributed by atoms with E-state index in [2.05, 4.69) is 231 Å². The summed E-state index contributed by atoms with van der Waals surface area (Å²) < 4.78 is 12.0. The van der Waals surface area contributed by atoms with Crippen LogP contribution in [-0.4, -0.2) is 22.7 Å². The first-order valence-electron chi connectivity index (χ1n) is 24.7. The molecule has 2 aromatic heterocycles. The summed E-state index contributed by atoms with van der Waals surface area (Å²) in [7, 11) is 0. The van der Waals surface area contributed by atoms with Gasteiger partial charge in [-0.2, -0.15) is 0 Å². The summed E-state index contributed by atoms with van der Waals surface area (Å²) in [4.78, 5) is 2.54. The van der Waals surface area contributed by atoms with Gasteiger partial charge in [-0.05, 0) is 122 Å². The van der Waals surface area contributed by atoms with Crippen molar-refractivity contribution in [2.24, 2.45) is 0 Å². The Bertz CT molecular complexity index is 4070. The Kier molecular flexibility index (Phi) is 7.70. The third-order valence-corrected chi connectivity index (χ3v) is 16.1. The van der Waals surface area contributed by atoms with Crippen LogP contribution in [0.15, 0.2) is 176 Å². The molecule has 0 spiro atoms. The van der Waals surface area contributed by atoms with Gasteiger partial charge < -0.3 is 18.6 Å². The highest BCUT2D eigenvalue weighted by atomic mass is 16.5. The molecule has 0 radical (unpaired) electrons. The minimum absolute atomic E-state index is 0.0179. The van der Waals surface area contributed by atoms with Gasteiger partial charge in [0.15, 0.2) is 0 Å². The van der Waals surface area contributed by atoms with Crippen LogP contribution < -0.4 is 31.5 Å². The highest BCUT2D eigenvalue weighted by Gasteiger charge is 2.44. The van der Waals surface area contributed by atoms with Crippen molar-refractivity contribution in [3.05, 3.63) is 198 Å². The highest BCUT2D eigenvalue weighted by molar-refractivity contribution is 6.90. The Morgan fingerprint density at radius 1 is 0.420 bits per heavy atom. The predicted octanol–water partition coefficient (Wildman–Crippen LogP) is 13.2. The number of hydrogen-bond acceptors (Lipinski definition) is 2. The molecule has 6 heterocycles. The monoisotopic (exact) mass is 885 g/mol. The molecule has 9 aromatic carbocycles. The Hall–Kier alpha value is -7.69. The van der Waals surface area contributed by atoms with Crippen LogP contribution in [-0.2, 0) is 17.3 Å². The summed E-state index contributed by atoms with van der Waals surface area (Å²) in [6, 6.07) is 66.9. The van der Waals surface area contributed by atoms with Crippen molar-refractivity contribution in [3.63, 3.8) is 0 Å². The van der Waals surface area contributed by atoms with Crippen LogP contribution in [0.5, 0.6) is 11.5 Å². The number of para-hydroxylation sites is 4. The molecule has 0 aliphatic carbocycles. The van der Waals surface area contributed by atoms with E-state index in [1.165, 1.54) is 127 Å². The van der Waals surface area contributed by atoms with Gasteiger partial charge >= 0.3 is 13.7 Å². The van der Waals surface area contributed by atoms with Gasteiger partial charge in [-0.1, -0.05) is 163 Å². The van der Waals surface area contributed by atoms with Crippen LogP contribution in [0.4, 0.5) is 17.1 Å². The third kappa shape index (κ3) is 5.32. The maximum Gasteiger partial charge on any atom is 0.336 e. The van der Waals surface area contributed by atoms with E-state index in [-0.39, 0.29) is 24.5 Å². The molecule has 69 heavy (non-hydrogen) atoms. The second-order valence-corrected chi connectivity index (χ2v) is 22.1. The Morgan fingerprint density at radius 3 is 1.84 bits per heavy atom. The van der Waals surface area contributed by atoms with Crippen LogP contribution in [0.1, 0.15) is 63.8 Å². The largest absolute Gasteiger partial charge is 0.458 e. The van der Waals surface area contributed by atoms with Crippen molar-refractivity contribution in [1.82, 2.24) is 8.96 Å². The average molecular weight is 886 g/mol. The molecular formula is C63H49B2N3O. The first-order valence-corrected chi connectivity index (χ1v) is 24.7. The first-order chi connectivity index (χ1) is 33.5. The molecule has 4 aliphatic heterocycles. The highest BCUT2D eigenvalue weighted by Crippen LogP contribution is 2.48. The van der Waals surface area contributed by atoms with E-state index in [9.17, 15) is 0 Å².